The third-order valence-electron chi connectivity index (χ3n) is 4.44. The minimum absolute atomic E-state index is 0.0294. The van der Waals surface area contributed by atoms with Crippen molar-refractivity contribution in [1.82, 2.24) is 5.32 Å². The summed E-state index contributed by atoms with van der Waals surface area (Å²) in [6.45, 7) is 0.665. The van der Waals surface area contributed by atoms with Gasteiger partial charge in [-0.25, -0.2) is 0 Å². The van der Waals surface area contributed by atoms with Gasteiger partial charge in [0.05, 0.1) is 5.54 Å². The van der Waals surface area contributed by atoms with Crippen molar-refractivity contribution in [3.63, 3.8) is 0 Å². The summed E-state index contributed by atoms with van der Waals surface area (Å²) in [5.74, 6) is 0.0294. The maximum atomic E-state index is 12.3. The molecule has 1 aliphatic rings. The quantitative estimate of drug-likeness (QED) is 0.911. The third-order valence-corrected chi connectivity index (χ3v) is 5.45. The van der Waals surface area contributed by atoms with Crippen LogP contribution in [0, 0.1) is 0 Å². The summed E-state index contributed by atoms with van der Waals surface area (Å²) in [6.07, 6.45) is 5.84. The predicted molar refractivity (Wildman–Crippen MR) is 88.5 cm³/mol. The van der Waals surface area contributed by atoms with Crippen LogP contribution in [0.25, 0.3) is 10.1 Å². The van der Waals surface area contributed by atoms with Crippen LogP contribution in [-0.2, 0) is 11.2 Å². The highest BCUT2D eigenvalue weighted by Crippen LogP contribution is 2.27. The van der Waals surface area contributed by atoms with Gasteiger partial charge in [0.15, 0.2) is 0 Å². The van der Waals surface area contributed by atoms with Crippen LogP contribution in [0.4, 0.5) is 0 Å². The van der Waals surface area contributed by atoms with Gasteiger partial charge in [-0.15, -0.1) is 11.3 Å². The largest absolute Gasteiger partial charge is 0.354 e. The first kappa shape index (κ1) is 14.5. The lowest BCUT2D eigenvalue weighted by molar-refractivity contribution is -0.127. The van der Waals surface area contributed by atoms with Crippen molar-refractivity contribution in [2.24, 2.45) is 5.73 Å². The van der Waals surface area contributed by atoms with E-state index in [1.54, 1.807) is 11.3 Å². The van der Waals surface area contributed by atoms with E-state index in [1.807, 2.05) is 0 Å². The van der Waals surface area contributed by atoms with Gasteiger partial charge < -0.3 is 11.1 Å². The number of hydrogen-bond donors (Lipinski definition) is 2. The average Bonchev–Trinajstić information content (AvgIpc) is 2.91. The van der Waals surface area contributed by atoms with Gasteiger partial charge >= 0.3 is 0 Å². The number of hydrogen-bond acceptors (Lipinski definition) is 3. The summed E-state index contributed by atoms with van der Waals surface area (Å²) in [5, 5.41) is 6.53. The normalized spacial score (nSPS) is 17.8. The lowest BCUT2D eigenvalue weighted by atomic mass is 9.82. The highest BCUT2D eigenvalue weighted by atomic mass is 32.1. The molecule has 2 aromatic rings. The monoisotopic (exact) mass is 302 g/mol. The van der Waals surface area contributed by atoms with Crippen LogP contribution in [0.2, 0.25) is 0 Å². The summed E-state index contributed by atoms with van der Waals surface area (Å²) in [5.41, 5.74) is 6.92. The number of nitrogens with one attached hydrogen (secondary N) is 1. The van der Waals surface area contributed by atoms with Gasteiger partial charge in [-0.1, -0.05) is 37.5 Å². The molecule has 3 N–H and O–H groups in total. The van der Waals surface area contributed by atoms with Crippen molar-refractivity contribution in [2.75, 3.05) is 6.54 Å². The summed E-state index contributed by atoms with van der Waals surface area (Å²) >= 11 is 1.76. The molecule has 112 valence electrons. The fraction of sp³-hybridized carbons (Fsp3) is 0.471. The Morgan fingerprint density at radius 2 is 2.00 bits per heavy atom. The molecule has 1 saturated carbocycles. The van der Waals surface area contributed by atoms with E-state index in [4.69, 9.17) is 5.73 Å². The van der Waals surface area contributed by atoms with Crippen molar-refractivity contribution in [1.29, 1.82) is 0 Å². The fourth-order valence-corrected chi connectivity index (χ4v) is 4.12. The Bertz CT molecular complexity index is 629. The molecule has 3 rings (SSSR count). The molecular formula is C17H22N2OS. The highest BCUT2D eigenvalue weighted by Gasteiger charge is 2.34. The Balaban J connectivity index is 1.57. The molecule has 1 fully saturated rings. The zero-order valence-corrected chi connectivity index (χ0v) is 13.0. The Labute approximate surface area is 129 Å². The summed E-state index contributed by atoms with van der Waals surface area (Å²) in [4.78, 5) is 12.3. The summed E-state index contributed by atoms with van der Waals surface area (Å²) in [6, 6.07) is 8.41. The van der Waals surface area contributed by atoms with Crippen LogP contribution in [0.1, 0.15) is 37.7 Å². The van der Waals surface area contributed by atoms with Crippen molar-refractivity contribution < 1.29 is 4.79 Å². The van der Waals surface area contributed by atoms with E-state index >= 15 is 0 Å². The highest BCUT2D eigenvalue weighted by molar-refractivity contribution is 7.17. The fourth-order valence-electron chi connectivity index (χ4n) is 3.12. The van der Waals surface area contributed by atoms with Crippen LogP contribution in [0.3, 0.4) is 0 Å². The Hall–Kier alpha value is -1.39. The van der Waals surface area contributed by atoms with Gasteiger partial charge in [-0.2, -0.15) is 0 Å². The summed E-state index contributed by atoms with van der Waals surface area (Å²) in [7, 11) is 0. The molecule has 1 aromatic heterocycles. The second kappa shape index (κ2) is 6.16. The van der Waals surface area contributed by atoms with Crippen molar-refractivity contribution in [2.45, 2.75) is 44.1 Å². The number of carbonyl (C=O) groups is 1. The lowest BCUT2D eigenvalue weighted by Gasteiger charge is -2.31. The molecule has 3 nitrogen and oxygen atoms in total. The smallest absolute Gasteiger partial charge is 0.240 e. The standard InChI is InChI=1S/C17H22N2OS/c18-17(9-4-1-5-10-17)16(20)19-11-8-13-12-21-15-7-3-2-6-14(13)15/h2-3,6-7,12H,1,4-5,8-11,18H2,(H,19,20). The van der Waals surface area contributed by atoms with E-state index in [2.05, 4.69) is 35.0 Å². The number of rotatable bonds is 4. The molecule has 1 amide bonds. The molecule has 0 saturated heterocycles. The minimum Gasteiger partial charge on any atom is -0.354 e. The minimum atomic E-state index is -0.630. The number of benzene rings is 1. The Kier molecular flexibility index (Phi) is 4.27. The van der Waals surface area contributed by atoms with E-state index in [-0.39, 0.29) is 5.91 Å². The molecule has 0 aliphatic heterocycles. The molecule has 21 heavy (non-hydrogen) atoms. The van der Waals surface area contributed by atoms with Gasteiger partial charge in [-0.3, -0.25) is 4.79 Å². The SMILES string of the molecule is NC1(C(=O)NCCc2csc3ccccc23)CCCCC1. The first-order valence-corrected chi connectivity index (χ1v) is 8.59. The van der Waals surface area contributed by atoms with Gasteiger partial charge in [0.25, 0.3) is 0 Å². The van der Waals surface area contributed by atoms with Crippen molar-refractivity contribution in [3.8, 4) is 0 Å². The van der Waals surface area contributed by atoms with E-state index in [9.17, 15) is 4.79 Å². The van der Waals surface area contributed by atoms with Crippen LogP contribution in [-0.4, -0.2) is 18.0 Å². The average molecular weight is 302 g/mol. The number of carbonyl (C=O) groups excluding carboxylic acids is 1. The Morgan fingerprint density at radius 3 is 2.81 bits per heavy atom. The third kappa shape index (κ3) is 3.11. The van der Waals surface area contributed by atoms with Crippen LogP contribution >= 0.6 is 11.3 Å². The molecule has 0 atom stereocenters. The molecular weight excluding hydrogens is 280 g/mol. The van der Waals surface area contributed by atoms with Gasteiger partial charge in [0.2, 0.25) is 5.91 Å². The van der Waals surface area contributed by atoms with Crippen molar-refractivity contribution in [3.05, 3.63) is 35.2 Å². The van der Waals surface area contributed by atoms with E-state index in [0.29, 0.717) is 6.54 Å². The van der Waals surface area contributed by atoms with Gasteiger partial charge in [0, 0.05) is 11.2 Å². The van der Waals surface area contributed by atoms with E-state index in [1.165, 1.54) is 22.1 Å². The molecule has 0 radical (unpaired) electrons. The number of amides is 1. The number of thiophene rings is 1. The first-order valence-electron chi connectivity index (χ1n) is 7.71. The number of nitrogens with two attached hydrogens (primary N) is 1. The Morgan fingerprint density at radius 1 is 1.24 bits per heavy atom. The zero-order chi connectivity index (χ0) is 14.7. The maximum absolute atomic E-state index is 12.3. The van der Waals surface area contributed by atoms with Crippen LogP contribution in [0.15, 0.2) is 29.6 Å². The molecule has 0 spiro atoms. The molecule has 1 aliphatic carbocycles. The molecule has 1 aromatic carbocycles. The van der Waals surface area contributed by atoms with E-state index in [0.717, 1.165) is 32.1 Å². The summed E-state index contributed by atoms with van der Waals surface area (Å²) < 4.78 is 1.31. The lowest BCUT2D eigenvalue weighted by Crippen LogP contribution is -2.55. The number of fused-ring (bicyclic) bond motifs is 1. The van der Waals surface area contributed by atoms with Crippen molar-refractivity contribution >= 4 is 27.3 Å². The molecule has 0 bridgehead atoms. The topological polar surface area (TPSA) is 55.1 Å². The van der Waals surface area contributed by atoms with Crippen LogP contribution < -0.4 is 11.1 Å². The van der Waals surface area contributed by atoms with Crippen LogP contribution in [0.5, 0.6) is 0 Å². The second-order valence-electron chi connectivity index (χ2n) is 5.98. The van der Waals surface area contributed by atoms with Gasteiger partial charge in [0.1, 0.15) is 0 Å². The maximum Gasteiger partial charge on any atom is 0.240 e. The van der Waals surface area contributed by atoms with E-state index < -0.39 is 5.54 Å². The molecule has 1 heterocycles. The second-order valence-corrected chi connectivity index (χ2v) is 6.89. The predicted octanol–water partition coefficient (Wildman–Crippen LogP) is 3.22. The van der Waals surface area contributed by atoms with Gasteiger partial charge in [-0.05, 0) is 41.7 Å². The molecule has 4 heteroatoms. The first-order chi connectivity index (χ1) is 10.2. The zero-order valence-electron chi connectivity index (χ0n) is 12.2. The molecule has 0 unspecified atom stereocenters.